The molecule has 8 rings (SSSR count). The molecular weight excluding hydrogens is 795 g/mol. The van der Waals surface area contributed by atoms with Gasteiger partial charge in [0.15, 0.2) is 0 Å². The average molecular weight is 840 g/mol. The molecule has 1 fully saturated rings. The number of imidazole rings is 1. The van der Waals surface area contributed by atoms with Gasteiger partial charge in [0.2, 0.25) is 0 Å². The zero-order valence-corrected chi connectivity index (χ0v) is 32.6. The molecule has 0 atom stereocenters. The fourth-order valence-electron chi connectivity index (χ4n) is 7.34. The molecule has 7 aromatic rings. The molecule has 1 saturated carbocycles. The molecule has 4 nitrogen and oxygen atoms in total. The number of para-hydroxylation sites is 3. The maximum Gasteiger partial charge on any atom is 0.120 e. The van der Waals surface area contributed by atoms with Crippen molar-refractivity contribution in [1.82, 2.24) is 14.5 Å². The van der Waals surface area contributed by atoms with Crippen molar-refractivity contribution in [2.24, 2.45) is 5.92 Å². The third-order valence-electron chi connectivity index (χ3n) is 9.69. The van der Waals surface area contributed by atoms with Crippen molar-refractivity contribution in [2.45, 2.75) is 78.1 Å². The molecule has 3 aromatic heterocycles. The molecule has 1 aliphatic carbocycles. The summed E-state index contributed by atoms with van der Waals surface area (Å²) < 4.78 is 8.44. The van der Waals surface area contributed by atoms with Gasteiger partial charge < -0.3 is 14.0 Å². The molecule has 49 heavy (non-hydrogen) atoms. The third-order valence-corrected chi connectivity index (χ3v) is 11.8. The van der Waals surface area contributed by atoms with Gasteiger partial charge in [0, 0.05) is 37.7 Å². The minimum Gasteiger partial charge on any atom is -0.501 e. The molecule has 0 amide bonds. The number of pyridine rings is 1. The summed E-state index contributed by atoms with van der Waals surface area (Å²) in [6, 6.07) is 37.9. The molecule has 0 bridgehead atoms. The second-order valence-corrected chi connectivity index (χ2v) is 19.6. The Morgan fingerprint density at radius 1 is 0.857 bits per heavy atom. The van der Waals surface area contributed by atoms with E-state index in [1.165, 1.54) is 38.5 Å². The van der Waals surface area contributed by atoms with Crippen LogP contribution >= 0.6 is 0 Å². The van der Waals surface area contributed by atoms with Gasteiger partial charge in [-0.25, -0.2) is 0 Å². The smallest absolute Gasteiger partial charge is 0.120 e. The summed E-state index contributed by atoms with van der Waals surface area (Å²) in [5.41, 5.74) is 8.53. The minimum atomic E-state index is -1.36. The summed E-state index contributed by atoms with van der Waals surface area (Å²) in [7, 11) is -1.36. The summed E-state index contributed by atoms with van der Waals surface area (Å²) in [6.07, 6.45) is 10.5. The minimum absolute atomic E-state index is 0. The summed E-state index contributed by atoms with van der Waals surface area (Å²) >= 11 is 0. The number of benzene rings is 4. The van der Waals surface area contributed by atoms with Gasteiger partial charge >= 0.3 is 0 Å². The van der Waals surface area contributed by atoms with Crippen molar-refractivity contribution < 1.29 is 24.5 Å². The molecule has 0 spiro atoms. The van der Waals surface area contributed by atoms with Crippen molar-refractivity contribution in [3.8, 4) is 22.6 Å². The molecule has 0 aliphatic heterocycles. The molecule has 0 N–H and O–H groups in total. The van der Waals surface area contributed by atoms with Crippen molar-refractivity contribution >= 4 is 46.2 Å². The first-order chi connectivity index (χ1) is 23.3. The van der Waals surface area contributed by atoms with Gasteiger partial charge in [-0.1, -0.05) is 105 Å². The van der Waals surface area contributed by atoms with Crippen molar-refractivity contribution in [3.05, 3.63) is 115 Å². The van der Waals surface area contributed by atoms with Crippen LogP contribution in [0.4, 0.5) is 0 Å². The quantitative estimate of drug-likeness (QED) is 0.124. The van der Waals surface area contributed by atoms with Gasteiger partial charge in [-0.05, 0) is 55.3 Å². The van der Waals surface area contributed by atoms with Crippen LogP contribution in [0.1, 0.15) is 57.6 Å². The Labute approximate surface area is 305 Å². The van der Waals surface area contributed by atoms with E-state index in [4.69, 9.17) is 14.4 Å². The predicted molar refractivity (Wildman–Crippen MR) is 203 cm³/mol. The second-order valence-electron chi connectivity index (χ2n) is 14.5. The first kappa shape index (κ1) is 35.0. The van der Waals surface area contributed by atoms with E-state index in [1.807, 2.05) is 42.5 Å². The van der Waals surface area contributed by atoms with Crippen LogP contribution in [0, 0.1) is 18.1 Å². The van der Waals surface area contributed by atoms with Crippen LogP contribution in [0.25, 0.3) is 55.6 Å². The first-order valence-electron chi connectivity index (χ1n) is 17.5. The van der Waals surface area contributed by atoms with Crippen LogP contribution in [-0.2, 0) is 26.5 Å². The maximum atomic E-state index is 6.18. The van der Waals surface area contributed by atoms with Crippen molar-refractivity contribution in [3.63, 3.8) is 0 Å². The van der Waals surface area contributed by atoms with E-state index < -0.39 is 8.07 Å². The fraction of sp³-hybridized carbons (Fsp3) is 0.302. The number of fused-ring (bicyclic) bond motifs is 4. The Kier molecular flexibility index (Phi) is 10.7. The summed E-state index contributed by atoms with van der Waals surface area (Å²) in [6.45, 7) is 11.7. The average Bonchev–Trinajstić information content (AvgIpc) is 3.68. The van der Waals surface area contributed by atoms with Crippen LogP contribution in [0.3, 0.4) is 0 Å². The van der Waals surface area contributed by atoms with E-state index >= 15 is 0 Å². The summed E-state index contributed by atoms with van der Waals surface area (Å²) in [4.78, 5) is 9.67. The normalized spacial score (nSPS) is 13.8. The van der Waals surface area contributed by atoms with E-state index in [0.29, 0.717) is 0 Å². The van der Waals surface area contributed by atoms with Crippen LogP contribution < -0.4 is 5.19 Å². The Morgan fingerprint density at radius 3 is 2.37 bits per heavy atom. The Hall–Kier alpha value is -3.83. The summed E-state index contributed by atoms with van der Waals surface area (Å²) in [5.74, 6) is 1.77. The van der Waals surface area contributed by atoms with E-state index in [9.17, 15) is 0 Å². The van der Waals surface area contributed by atoms with Gasteiger partial charge in [0.1, 0.15) is 5.58 Å². The molecule has 3 heterocycles. The number of rotatable bonds is 6. The molecule has 0 unspecified atom stereocenters. The standard InChI is InChI=1S/C22H17N2O.C21H28NSi.Ir/c1-14(2)24-19-12-5-4-11-18(19)23-22(24)17-10-7-9-16-15-8-3-6-13-20(15)25-21(16)17;1-23(2,3)21-16-22-20(18-12-8-5-9-13-18)15-19(21)14-17-10-6-4-7-11-17;/h3-9,11-14H,1-2H3;5,8-9,12,15-17H,4,6-7,10-11,14H2,1-3H3;/q2*-1;. The molecule has 0 saturated heterocycles. The van der Waals surface area contributed by atoms with Crippen LogP contribution in [0.5, 0.6) is 0 Å². The number of nitrogens with zero attached hydrogens (tertiary/aromatic N) is 3. The molecule has 253 valence electrons. The number of aromatic nitrogens is 3. The first-order valence-corrected chi connectivity index (χ1v) is 21.0. The van der Waals surface area contributed by atoms with Gasteiger partial charge in [-0.15, -0.1) is 54.1 Å². The number of hydrogen-bond acceptors (Lipinski definition) is 3. The Bertz CT molecular complexity index is 2170. The zero-order valence-electron chi connectivity index (χ0n) is 29.2. The zero-order chi connectivity index (χ0) is 33.3. The SMILES string of the molecule is CC(C)n1c(-c2[c-]ccc3c2oc2ccccc23)nc2ccccc21.C[Si](C)(C)c1cnc(-c2[c-]cccc2)cc1CC1CCCCC1.[Ir]. The second kappa shape index (κ2) is 15.0. The monoisotopic (exact) mass is 840 g/mol. The molecular formula is C43H45IrN3OSi-2. The van der Waals surface area contributed by atoms with E-state index in [0.717, 1.165) is 61.5 Å². The van der Waals surface area contributed by atoms with Gasteiger partial charge in [0.05, 0.1) is 30.5 Å². The van der Waals surface area contributed by atoms with Crippen LogP contribution in [-0.4, -0.2) is 22.6 Å². The van der Waals surface area contributed by atoms with Gasteiger partial charge in [-0.2, -0.15) is 0 Å². The van der Waals surface area contributed by atoms with Gasteiger partial charge in [-0.3, -0.25) is 4.98 Å². The van der Waals surface area contributed by atoms with Crippen LogP contribution in [0.15, 0.2) is 102 Å². The number of furan rings is 1. The van der Waals surface area contributed by atoms with Crippen LogP contribution in [0.2, 0.25) is 19.6 Å². The molecule has 1 radical (unpaired) electrons. The van der Waals surface area contributed by atoms with Gasteiger partial charge in [0.25, 0.3) is 0 Å². The van der Waals surface area contributed by atoms with Crippen molar-refractivity contribution in [1.29, 1.82) is 0 Å². The van der Waals surface area contributed by atoms with E-state index in [1.54, 1.807) is 10.8 Å². The molecule has 6 heteroatoms. The number of hydrogen-bond donors (Lipinski definition) is 0. The predicted octanol–water partition coefficient (Wildman–Crippen LogP) is 11.2. The fourth-order valence-corrected chi connectivity index (χ4v) is 8.93. The van der Waals surface area contributed by atoms with Crippen molar-refractivity contribution in [2.75, 3.05) is 0 Å². The Balaban J connectivity index is 0.000000167. The summed E-state index contributed by atoms with van der Waals surface area (Å²) in [5, 5.41) is 3.77. The molecule has 1 aliphatic rings. The van der Waals surface area contributed by atoms with E-state index in [2.05, 4.69) is 105 Å². The van der Waals surface area contributed by atoms with E-state index in [-0.39, 0.29) is 26.1 Å². The topological polar surface area (TPSA) is 43.9 Å². The third kappa shape index (κ3) is 7.38. The largest absolute Gasteiger partial charge is 0.501 e. The Morgan fingerprint density at radius 2 is 1.61 bits per heavy atom. The molecule has 4 aromatic carbocycles. The maximum absolute atomic E-state index is 6.18.